The molecule has 1 spiro atoms. The van der Waals surface area contributed by atoms with Crippen LogP contribution < -0.4 is 10.2 Å². The molecule has 7 heteroatoms. The molecule has 7 nitrogen and oxygen atoms in total. The average Bonchev–Trinajstić information content (AvgIpc) is 3.20. The summed E-state index contributed by atoms with van der Waals surface area (Å²) in [6.45, 7) is 3.59. The molecule has 24 heavy (non-hydrogen) atoms. The molecule has 0 radical (unpaired) electrons. The standard InChI is InChI=1S/C17H24N6O/c1-22-9-7-20-15(22)21-11-14-10-17(24-12-14)4-2-8-23(13-17)16-18-5-3-6-19-16/h3,5-7,9,14H,2,4,8,10-13H2,1H3,(H,20,21). The van der Waals surface area contributed by atoms with Gasteiger partial charge in [0.05, 0.1) is 12.2 Å². The highest BCUT2D eigenvalue weighted by molar-refractivity contribution is 5.31. The Bertz CT molecular complexity index is 675. The Hall–Kier alpha value is -2.15. The maximum atomic E-state index is 6.28. The molecule has 2 fully saturated rings. The van der Waals surface area contributed by atoms with Crippen molar-refractivity contribution in [3.05, 3.63) is 30.9 Å². The summed E-state index contributed by atoms with van der Waals surface area (Å²) in [5, 5.41) is 3.43. The van der Waals surface area contributed by atoms with Gasteiger partial charge < -0.3 is 19.5 Å². The first kappa shape index (κ1) is 15.4. The number of imidazole rings is 1. The van der Waals surface area contributed by atoms with Gasteiger partial charge in [0.2, 0.25) is 11.9 Å². The van der Waals surface area contributed by atoms with E-state index in [1.807, 2.05) is 30.1 Å². The second kappa shape index (κ2) is 6.39. The first-order valence-electron chi connectivity index (χ1n) is 8.61. The highest BCUT2D eigenvalue weighted by Crippen LogP contribution is 2.38. The number of aryl methyl sites for hydroxylation is 1. The summed E-state index contributed by atoms with van der Waals surface area (Å²) in [4.78, 5) is 15.4. The van der Waals surface area contributed by atoms with Crippen LogP contribution in [0.15, 0.2) is 30.9 Å². The molecule has 4 heterocycles. The van der Waals surface area contributed by atoms with E-state index in [-0.39, 0.29) is 5.60 Å². The smallest absolute Gasteiger partial charge is 0.225 e. The normalized spacial score (nSPS) is 26.9. The molecule has 4 rings (SSSR count). The first-order valence-corrected chi connectivity index (χ1v) is 8.61. The summed E-state index contributed by atoms with van der Waals surface area (Å²) < 4.78 is 8.28. The van der Waals surface area contributed by atoms with E-state index in [2.05, 4.69) is 25.2 Å². The van der Waals surface area contributed by atoms with Gasteiger partial charge in [0.25, 0.3) is 0 Å². The minimum absolute atomic E-state index is 0.0502. The third-order valence-electron chi connectivity index (χ3n) is 5.03. The van der Waals surface area contributed by atoms with Crippen molar-refractivity contribution in [1.29, 1.82) is 0 Å². The van der Waals surface area contributed by atoms with Crippen molar-refractivity contribution in [1.82, 2.24) is 19.5 Å². The lowest BCUT2D eigenvalue weighted by Crippen LogP contribution is -2.48. The number of nitrogens with one attached hydrogen (secondary N) is 1. The van der Waals surface area contributed by atoms with Crippen LogP contribution in [0.5, 0.6) is 0 Å². The predicted molar refractivity (Wildman–Crippen MR) is 92.0 cm³/mol. The molecule has 2 atom stereocenters. The molecular formula is C17H24N6O. The van der Waals surface area contributed by atoms with E-state index >= 15 is 0 Å². The lowest BCUT2D eigenvalue weighted by Gasteiger charge is -2.39. The van der Waals surface area contributed by atoms with Gasteiger partial charge in [-0.05, 0) is 25.3 Å². The first-order chi connectivity index (χ1) is 11.7. The number of hydrogen-bond donors (Lipinski definition) is 1. The van der Waals surface area contributed by atoms with Crippen LogP contribution in [0.4, 0.5) is 11.9 Å². The fourth-order valence-corrected chi connectivity index (χ4v) is 3.85. The Balaban J connectivity index is 1.37. The number of anilines is 2. The molecule has 128 valence electrons. The Morgan fingerprint density at radius 3 is 2.96 bits per heavy atom. The summed E-state index contributed by atoms with van der Waals surface area (Å²) in [6, 6.07) is 1.86. The van der Waals surface area contributed by atoms with E-state index in [4.69, 9.17) is 4.74 Å². The van der Waals surface area contributed by atoms with Crippen LogP contribution in [-0.2, 0) is 11.8 Å². The van der Waals surface area contributed by atoms with Gasteiger partial charge in [-0.3, -0.25) is 0 Å². The van der Waals surface area contributed by atoms with Crippen molar-refractivity contribution in [3.63, 3.8) is 0 Å². The van der Waals surface area contributed by atoms with Crippen LogP contribution in [0, 0.1) is 5.92 Å². The van der Waals surface area contributed by atoms with Crippen molar-refractivity contribution in [2.75, 3.05) is 36.5 Å². The number of rotatable bonds is 4. The van der Waals surface area contributed by atoms with Gasteiger partial charge in [0, 0.05) is 57.4 Å². The van der Waals surface area contributed by atoms with Crippen LogP contribution in [0.1, 0.15) is 19.3 Å². The van der Waals surface area contributed by atoms with Gasteiger partial charge in [-0.1, -0.05) is 0 Å². The summed E-state index contributed by atoms with van der Waals surface area (Å²) in [7, 11) is 2.00. The van der Waals surface area contributed by atoms with Gasteiger partial charge in [-0.25, -0.2) is 15.0 Å². The number of ether oxygens (including phenoxy) is 1. The van der Waals surface area contributed by atoms with Crippen LogP contribution in [-0.4, -0.2) is 51.4 Å². The van der Waals surface area contributed by atoms with Crippen molar-refractivity contribution in [2.24, 2.45) is 13.0 Å². The molecule has 2 aromatic heterocycles. The Labute approximate surface area is 142 Å². The molecular weight excluding hydrogens is 304 g/mol. The van der Waals surface area contributed by atoms with Crippen LogP contribution in [0.2, 0.25) is 0 Å². The Morgan fingerprint density at radius 1 is 1.29 bits per heavy atom. The van der Waals surface area contributed by atoms with Gasteiger partial charge in [0.15, 0.2) is 0 Å². The number of piperidine rings is 1. The van der Waals surface area contributed by atoms with Crippen LogP contribution in [0.25, 0.3) is 0 Å². The summed E-state index contributed by atoms with van der Waals surface area (Å²) in [6.07, 6.45) is 10.7. The van der Waals surface area contributed by atoms with Gasteiger partial charge in [0.1, 0.15) is 0 Å². The Morgan fingerprint density at radius 2 is 2.17 bits per heavy atom. The molecule has 2 saturated heterocycles. The van der Waals surface area contributed by atoms with Gasteiger partial charge >= 0.3 is 0 Å². The molecule has 2 unspecified atom stereocenters. The zero-order valence-electron chi connectivity index (χ0n) is 14.1. The monoisotopic (exact) mass is 328 g/mol. The average molecular weight is 328 g/mol. The summed E-state index contributed by atoms with van der Waals surface area (Å²) in [5.74, 6) is 2.24. The molecule has 0 saturated carbocycles. The SMILES string of the molecule is Cn1ccnc1NCC1COC2(CCCN(c3ncccn3)C2)C1. The van der Waals surface area contributed by atoms with Crippen LogP contribution in [0.3, 0.4) is 0 Å². The van der Waals surface area contributed by atoms with Gasteiger partial charge in [-0.2, -0.15) is 0 Å². The molecule has 2 aliphatic rings. The molecule has 0 aliphatic carbocycles. The quantitative estimate of drug-likeness (QED) is 0.921. The van der Waals surface area contributed by atoms with E-state index < -0.39 is 0 Å². The summed E-state index contributed by atoms with van der Waals surface area (Å²) in [5.41, 5.74) is -0.0502. The van der Waals surface area contributed by atoms with Crippen molar-refractivity contribution in [2.45, 2.75) is 24.9 Å². The third-order valence-corrected chi connectivity index (χ3v) is 5.03. The predicted octanol–water partition coefficient (Wildman–Crippen LogP) is 1.70. The largest absolute Gasteiger partial charge is 0.373 e. The minimum atomic E-state index is -0.0502. The Kier molecular flexibility index (Phi) is 4.10. The molecule has 0 bridgehead atoms. The molecule has 0 amide bonds. The minimum Gasteiger partial charge on any atom is -0.373 e. The van der Waals surface area contributed by atoms with E-state index in [0.29, 0.717) is 5.92 Å². The summed E-state index contributed by atoms with van der Waals surface area (Å²) >= 11 is 0. The fourth-order valence-electron chi connectivity index (χ4n) is 3.85. The van der Waals surface area contributed by atoms with E-state index in [9.17, 15) is 0 Å². The van der Waals surface area contributed by atoms with Gasteiger partial charge in [-0.15, -0.1) is 0 Å². The van der Waals surface area contributed by atoms with E-state index in [0.717, 1.165) is 57.4 Å². The van der Waals surface area contributed by atoms with Crippen molar-refractivity contribution >= 4 is 11.9 Å². The molecule has 1 N–H and O–H groups in total. The highest BCUT2D eigenvalue weighted by atomic mass is 16.5. The molecule has 2 aliphatic heterocycles. The van der Waals surface area contributed by atoms with Crippen molar-refractivity contribution in [3.8, 4) is 0 Å². The topological polar surface area (TPSA) is 68.1 Å². The lowest BCUT2D eigenvalue weighted by atomic mass is 9.86. The molecule has 0 aromatic carbocycles. The van der Waals surface area contributed by atoms with Crippen LogP contribution >= 0.6 is 0 Å². The number of hydrogen-bond acceptors (Lipinski definition) is 6. The maximum Gasteiger partial charge on any atom is 0.225 e. The maximum absolute atomic E-state index is 6.28. The third kappa shape index (κ3) is 3.08. The second-order valence-corrected chi connectivity index (χ2v) is 6.88. The van der Waals surface area contributed by atoms with E-state index in [1.54, 1.807) is 12.4 Å². The highest BCUT2D eigenvalue weighted by Gasteiger charge is 2.43. The van der Waals surface area contributed by atoms with E-state index in [1.165, 1.54) is 0 Å². The zero-order chi connectivity index (χ0) is 16.4. The zero-order valence-corrected chi connectivity index (χ0v) is 14.1. The molecule has 2 aromatic rings. The lowest BCUT2D eigenvalue weighted by molar-refractivity contribution is -0.00720. The van der Waals surface area contributed by atoms with Crippen molar-refractivity contribution < 1.29 is 4.74 Å². The second-order valence-electron chi connectivity index (χ2n) is 6.88. The number of nitrogens with zero attached hydrogens (tertiary/aromatic N) is 5. The number of aromatic nitrogens is 4. The fraction of sp³-hybridized carbons (Fsp3) is 0.588.